The smallest absolute Gasteiger partial charge is 0.253 e. The van der Waals surface area contributed by atoms with Gasteiger partial charge < -0.3 is 11.1 Å². The molecule has 0 radical (unpaired) electrons. The van der Waals surface area contributed by atoms with E-state index in [1.165, 1.54) is 0 Å². The first-order chi connectivity index (χ1) is 7.16. The first-order valence-electron chi connectivity index (χ1n) is 4.38. The maximum absolute atomic E-state index is 11.6. The van der Waals surface area contributed by atoms with E-state index in [2.05, 4.69) is 17.2 Å². The van der Waals surface area contributed by atoms with Crippen molar-refractivity contribution in [1.29, 1.82) is 0 Å². The average Bonchev–Trinajstić information content (AvgIpc) is 2.22. The largest absolute Gasteiger partial charge is 0.398 e. The normalized spacial score (nSPS) is 8.93. The number of rotatable bonds is 2. The SMILES string of the molecule is CC#CCNC(=O)c1cccc(N)c1Cl. The van der Waals surface area contributed by atoms with Crippen LogP contribution in [0.5, 0.6) is 0 Å². The first kappa shape index (κ1) is 11.4. The second-order valence-corrected chi connectivity index (χ2v) is 3.20. The van der Waals surface area contributed by atoms with Gasteiger partial charge >= 0.3 is 0 Å². The van der Waals surface area contributed by atoms with E-state index in [0.29, 0.717) is 17.8 Å². The third-order valence-electron chi connectivity index (χ3n) is 1.79. The molecular weight excluding hydrogens is 212 g/mol. The molecule has 1 aromatic carbocycles. The number of anilines is 1. The van der Waals surface area contributed by atoms with Gasteiger partial charge in [0.2, 0.25) is 0 Å². The van der Waals surface area contributed by atoms with Crippen molar-refractivity contribution in [2.24, 2.45) is 0 Å². The van der Waals surface area contributed by atoms with E-state index >= 15 is 0 Å². The third kappa shape index (κ3) is 2.90. The molecule has 0 aromatic heterocycles. The second kappa shape index (κ2) is 5.28. The van der Waals surface area contributed by atoms with Gasteiger partial charge in [0.15, 0.2) is 0 Å². The number of amides is 1. The molecule has 3 nitrogen and oxygen atoms in total. The van der Waals surface area contributed by atoms with Gasteiger partial charge in [-0.2, -0.15) is 0 Å². The lowest BCUT2D eigenvalue weighted by Gasteiger charge is -2.05. The van der Waals surface area contributed by atoms with E-state index in [-0.39, 0.29) is 10.9 Å². The predicted molar refractivity (Wildman–Crippen MR) is 61.6 cm³/mol. The number of nitrogens with one attached hydrogen (secondary N) is 1. The van der Waals surface area contributed by atoms with Gasteiger partial charge in [0.25, 0.3) is 5.91 Å². The van der Waals surface area contributed by atoms with E-state index in [0.717, 1.165) is 0 Å². The van der Waals surface area contributed by atoms with Crippen LogP contribution >= 0.6 is 11.6 Å². The van der Waals surface area contributed by atoms with Crippen LogP contribution in [-0.2, 0) is 0 Å². The number of hydrogen-bond acceptors (Lipinski definition) is 2. The van der Waals surface area contributed by atoms with Crippen LogP contribution in [0.15, 0.2) is 18.2 Å². The minimum Gasteiger partial charge on any atom is -0.398 e. The van der Waals surface area contributed by atoms with Crippen LogP contribution in [0, 0.1) is 11.8 Å². The molecule has 15 heavy (non-hydrogen) atoms. The maximum Gasteiger partial charge on any atom is 0.253 e. The Morgan fingerprint density at radius 1 is 1.60 bits per heavy atom. The third-order valence-corrected chi connectivity index (χ3v) is 2.21. The molecule has 0 aliphatic heterocycles. The molecule has 1 amide bonds. The molecular formula is C11H11ClN2O. The molecule has 0 bridgehead atoms. The monoisotopic (exact) mass is 222 g/mol. The molecule has 0 saturated carbocycles. The van der Waals surface area contributed by atoms with Crippen molar-refractivity contribution >= 4 is 23.2 Å². The van der Waals surface area contributed by atoms with Crippen molar-refractivity contribution in [2.45, 2.75) is 6.92 Å². The van der Waals surface area contributed by atoms with Gasteiger partial charge in [-0.1, -0.05) is 23.6 Å². The molecule has 0 heterocycles. The van der Waals surface area contributed by atoms with Crippen molar-refractivity contribution < 1.29 is 4.79 Å². The Bertz CT molecular complexity index is 432. The summed E-state index contributed by atoms with van der Waals surface area (Å²) < 4.78 is 0. The molecule has 0 aliphatic carbocycles. The average molecular weight is 223 g/mol. The zero-order chi connectivity index (χ0) is 11.3. The lowest BCUT2D eigenvalue weighted by Crippen LogP contribution is -2.24. The van der Waals surface area contributed by atoms with Crippen molar-refractivity contribution in [3.05, 3.63) is 28.8 Å². The summed E-state index contributed by atoms with van der Waals surface area (Å²) in [6, 6.07) is 4.94. The molecule has 0 spiro atoms. The number of benzene rings is 1. The summed E-state index contributed by atoms with van der Waals surface area (Å²) in [5, 5.41) is 2.89. The molecule has 3 N–H and O–H groups in total. The van der Waals surface area contributed by atoms with E-state index in [1.807, 2.05) is 0 Å². The topological polar surface area (TPSA) is 55.1 Å². The van der Waals surface area contributed by atoms with Gasteiger partial charge in [0.05, 0.1) is 22.8 Å². The van der Waals surface area contributed by atoms with E-state index in [9.17, 15) is 4.79 Å². The highest BCUT2D eigenvalue weighted by Crippen LogP contribution is 2.22. The molecule has 1 aromatic rings. The Labute approximate surface area is 93.6 Å². The Hall–Kier alpha value is -1.66. The van der Waals surface area contributed by atoms with Crippen LogP contribution in [0.25, 0.3) is 0 Å². The molecule has 0 fully saturated rings. The van der Waals surface area contributed by atoms with Gasteiger partial charge in [-0.3, -0.25) is 4.79 Å². The van der Waals surface area contributed by atoms with Crippen LogP contribution in [0.4, 0.5) is 5.69 Å². The van der Waals surface area contributed by atoms with Gasteiger partial charge in [-0.05, 0) is 19.1 Å². The fourth-order valence-electron chi connectivity index (χ4n) is 1.03. The quantitative estimate of drug-likeness (QED) is 0.591. The zero-order valence-electron chi connectivity index (χ0n) is 8.30. The molecule has 0 unspecified atom stereocenters. The second-order valence-electron chi connectivity index (χ2n) is 2.82. The summed E-state index contributed by atoms with van der Waals surface area (Å²) in [4.78, 5) is 11.6. The zero-order valence-corrected chi connectivity index (χ0v) is 9.06. The van der Waals surface area contributed by atoms with E-state index < -0.39 is 0 Å². The fraction of sp³-hybridized carbons (Fsp3) is 0.182. The highest BCUT2D eigenvalue weighted by atomic mass is 35.5. The highest BCUT2D eigenvalue weighted by Gasteiger charge is 2.10. The van der Waals surface area contributed by atoms with Crippen molar-refractivity contribution in [2.75, 3.05) is 12.3 Å². The molecule has 0 atom stereocenters. The summed E-state index contributed by atoms with van der Waals surface area (Å²) >= 11 is 5.88. The first-order valence-corrected chi connectivity index (χ1v) is 4.76. The summed E-state index contributed by atoms with van der Waals surface area (Å²) in [6.07, 6.45) is 0. The fourth-order valence-corrected chi connectivity index (χ4v) is 1.25. The van der Waals surface area contributed by atoms with E-state index in [4.69, 9.17) is 17.3 Å². The van der Waals surface area contributed by atoms with Gasteiger partial charge in [0, 0.05) is 0 Å². The number of carbonyl (C=O) groups is 1. The number of nitrogen functional groups attached to an aromatic ring is 1. The Morgan fingerprint density at radius 2 is 2.33 bits per heavy atom. The summed E-state index contributed by atoms with van der Waals surface area (Å²) in [5.74, 6) is 5.14. The van der Waals surface area contributed by atoms with Crippen molar-refractivity contribution in [1.82, 2.24) is 5.32 Å². The van der Waals surface area contributed by atoms with Gasteiger partial charge in [-0.15, -0.1) is 5.92 Å². The summed E-state index contributed by atoms with van der Waals surface area (Å²) in [5.41, 5.74) is 6.34. The number of halogens is 1. The van der Waals surface area contributed by atoms with Crippen LogP contribution in [0.1, 0.15) is 17.3 Å². The van der Waals surface area contributed by atoms with E-state index in [1.54, 1.807) is 25.1 Å². The molecule has 0 aliphatic rings. The highest BCUT2D eigenvalue weighted by molar-refractivity contribution is 6.36. The Kier molecular flexibility index (Phi) is 4.02. The molecule has 0 saturated heterocycles. The Balaban J connectivity index is 2.81. The molecule has 4 heteroatoms. The van der Waals surface area contributed by atoms with Crippen molar-refractivity contribution in [3.8, 4) is 11.8 Å². The van der Waals surface area contributed by atoms with Crippen LogP contribution in [0.2, 0.25) is 5.02 Å². The standard InChI is InChI=1S/C11H11ClN2O/c1-2-3-7-14-11(15)8-5-4-6-9(13)10(8)12/h4-6H,7,13H2,1H3,(H,14,15). The Morgan fingerprint density at radius 3 is 3.00 bits per heavy atom. The minimum atomic E-state index is -0.268. The minimum absolute atomic E-state index is 0.268. The lowest BCUT2D eigenvalue weighted by atomic mass is 10.2. The van der Waals surface area contributed by atoms with Crippen LogP contribution < -0.4 is 11.1 Å². The number of carbonyl (C=O) groups excluding carboxylic acids is 1. The number of hydrogen-bond donors (Lipinski definition) is 2. The van der Waals surface area contributed by atoms with Crippen LogP contribution in [-0.4, -0.2) is 12.5 Å². The molecule has 1 rings (SSSR count). The molecule has 78 valence electrons. The summed E-state index contributed by atoms with van der Waals surface area (Å²) in [7, 11) is 0. The van der Waals surface area contributed by atoms with Gasteiger partial charge in [-0.25, -0.2) is 0 Å². The van der Waals surface area contributed by atoms with Gasteiger partial charge in [0.1, 0.15) is 0 Å². The lowest BCUT2D eigenvalue weighted by molar-refractivity contribution is 0.0959. The van der Waals surface area contributed by atoms with Crippen molar-refractivity contribution in [3.63, 3.8) is 0 Å². The predicted octanol–water partition coefficient (Wildman–Crippen LogP) is 1.68. The maximum atomic E-state index is 11.6. The summed E-state index contributed by atoms with van der Waals surface area (Å²) in [6.45, 7) is 2.01. The van der Waals surface area contributed by atoms with Crippen LogP contribution in [0.3, 0.4) is 0 Å². The number of nitrogens with two attached hydrogens (primary N) is 1.